The van der Waals surface area contributed by atoms with E-state index >= 15 is 0 Å². The van der Waals surface area contributed by atoms with Crippen LogP contribution in [0.25, 0.3) is 44.2 Å². The summed E-state index contributed by atoms with van der Waals surface area (Å²) >= 11 is 12.2. The molecule has 6 heterocycles. The topological polar surface area (TPSA) is 319 Å². The summed E-state index contributed by atoms with van der Waals surface area (Å²) in [6.45, 7) is 9.88. The predicted octanol–water partition coefficient (Wildman–Crippen LogP) is 20.9. The highest BCUT2D eigenvalue weighted by molar-refractivity contribution is 6.35. The van der Waals surface area contributed by atoms with Crippen molar-refractivity contribution < 1.29 is 81.8 Å². The molecule has 0 radical (unpaired) electrons. The molecule has 37 heteroatoms. The number of halogens is 13. The van der Waals surface area contributed by atoms with Gasteiger partial charge in [0, 0.05) is 89.0 Å². The molecule has 6 aliphatic heterocycles. The molecule has 774 valence electrons. The number of guanidine groups is 5. The normalized spacial score (nSPS) is 22.4. The largest absolute Gasteiger partial charge is 0.573 e. The van der Waals surface area contributed by atoms with Gasteiger partial charge in [0.05, 0.1) is 30.9 Å². The summed E-state index contributed by atoms with van der Waals surface area (Å²) in [7, 11) is 7.10. The lowest BCUT2D eigenvalue weighted by Gasteiger charge is -2.35. The molecule has 3 unspecified atom stereocenters. The average Bonchev–Trinajstić information content (AvgIpc) is 1.60. The van der Waals surface area contributed by atoms with E-state index in [1.807, 2.05) is 141 Å². The summed E-state index contributed by atoms with van der Waals surface area (Å²) in [6.07, 6.45) is -0.0443. The van der Waals surface area contributed by atoms with Crippen molar-refractivity contribution in [1.82, 2.24) is 34.9 Å². The van der Waals surface area contributed by atoms with Gasteiger partial charge in [-0.1, -0.05) is 202 Å². The van der Waals surface area contributed by atoms with Crippen molar-refractivity contribution in [1.29, 1.82) is 0 Å². The molecule has 2 aliphatic carbocycles. The van der Waals surface area contributed by atoms with Gasteiger partial charge < -0.3 is 58.2 Å². The number of nitrogens with zero attached hydrogens (tertiary/aromatic N) is 11. The van der Waals surface area contributed by atoms with Crippen LogP contribution in [-0.2, 0) is 65.1 Å². The number of piperidine rings is 1. The fourth-order valence-electron chi connectivity index (χ4n) is 20.2. The van der Waals surface area contributed by atoms with Crippen LogP contribution < -0.4 is 38.7 Å². The number of likely N-dealkylation sites (tertiary alicyclic amines) is 1. The number of nitrogens with one attached hydrogen (secondary N) is 1. The van der Waals surface area contributed by atoms with Crippen molar-refractivity contribution in [2.24, 2.45) is 71.4 Å². The SMILES string of the molecule is CC(=O)N1CCC(CN2C(=O)C(C)(c3cccc(-c4cccc(OC(F)(F)F)c4)c3)N=C2N)CC1.CN1C(=O)[C@@](CCC2CCCCC2)(C[C@H]2CCC[C@@H](NC(=O)c3cccc4ccccc34)C2)N=C1N.CN1CC(C)(c2cccc(-c3cc(F)cc(F)c3)c2)N=C1N.CN1C[C@@](COCc2cc(C(F)(F)F)cc(C(F)(F)F)c2)(c2ccccc2)N=C1N.CN1OCC(C)(c2cccc(-c3cc(Cl)cc(Cl)c3)c2)N=C1N. The van der Waals surface area contributed by atoms with Crippen LogP contribution in [0, 0.1) is 29.4 Å². The van der Waals surface area contributed by atoms with Crippen molar-refractivity contribution in [3.05, 3.63) is 291 Å². The predicted molar refractivity (Wildman–Crippen MR) is 545 cm³/mol. The highest BCUT2D eigenvalue weighted by Crippen LogP contribution is 2.46. The molecule has 0 aromatic heterocycles. The summed E-state index contributed by atoms with van der Waals surface area (Å²) in [5.74, 6) is 1.17. The smallest absolute Gasteiger partial charge is 0.406 e. The molecule has 2 saturated carbocycles. The first-order valence-electron chi connectivity index (χ1n) is 48.3. The number of amides is 4. The standard InChI is InChI=1S/C30H40N4O2.C25H27F3N4O3.C20H19F6N3O.C17H17Cl2N3O.C17H17F2N3/c1-34-28(36)30(33-29(34)31,18-17-21-9-3-2-4-10-21)20-22-11-7-14-24(19-22)32-27(35)26-16-8-13-23-12-5-6-15-25(23)26;1-16(33)31-11-9-17(10-12-31)15-32-22(34)24(2,30-23(32)29)20-7-3-5-18(13-20)19-6-4-8-21(14-19)35-25(26,27)28;1-29-11-18(28-17(29)27,14-5-3-2-4-6-14)12-30-10-13-7-15(19(21,22)23)9-16(8-13)20(24,25)26;1-17(10-23-22(2)16(20)21-17)13-5-3-4-11(6-13)12-7-14(18)9-15(19)8-12;1-17(10-22(2)16(20)21-17)13-5-3-4-11(6-13)12-7-14(18)9-15(19)8-12/h5-6,8,12-13,15-16,21-22,24H,2-4,7,9-11,14,17-20H2,1H3,(H2,31,33)(H,32,35);3-8,13-14,17H,9-12,15H2,1-2H3,(H2,29,30);2-9H,10-12H2,1H3,(H2,27,28);3-9H,10H2,1-2H3,(H2,20,21);3-9H,10H2,1-2H3,(H2,20,21)/t22-,24+,30+;;18-;;/m0.1../s1. The molecule has 3 fully saturated rings. The first-order valence-corrected chi connectivity index (χ1v) is 49.0. The van der Waals surface area contributed by atoms with Crippen LogP contribution in [0.15, 0.2) is 249 Å². The summed E-state index contributed by atoms with van der Waals surface area (Å²) in [6, 6.07) is 61.7. The van der Waals surface area contributed by atoms with Gasteiger partial charge in [-0.25, -0.2) is 38.8 Å². The summed E-state index contributed by atoms with van der Waals surface area (Å²) in [5, 5.41) is 8.06. The van der Waals surface area contributed by atoms with E-state index in [9.17, 15) is 67.5 Å². The zero-order chi connectivity index (χ0) is 105. The number of ether oxygens (including phenoxy) is 2. The van der Waals surface area contributed by atoms with Gasteiger partial charge in [-0.05, 0) is 240 Å². The summed E-state index contributed by atoms with van der Waals surface area (Å²) in [4.78, 5) is 88.5. The third-order valence-corrected chi connectivity index (χ3v) is 28.6. The number of carbonyl (C=O) groups excluding carboxylic acids is 4. The Morgan fingerprint density at radius 1 is 0.507 bits per heavy atom. The molecule has 24 nitrogen and oxygen atoms in total. The van der Waals surface area contributed by atoms with Crippen molar-refractivity contribution >= 4 is 87.4 Å². The minimum absolute atomic E-state index is 0.0107. The fourth-order valence-corrected chi connectivity index (χ4v) is 20.7. The number of hydrogen-bond acceptors (Lipinski definition) is 20. The number of benzene rings is 10. The van der Waals surface area contributed by atoms with Crippen molar-refractivity contribution in [3.63, 3.8) is 0 Å². The molecule has 8 aliphatic rings. The number of alkyl halides is 9. The van der Waals surface area contributed by atoms with Gasteiger partial charge >= 0.3 is 18.7 Å². The van der Waals surface area contributed by atoms with Crippen LogP contribution in [0.3, 0.4) is 0 Å². The molecule has 10 aromatic carbocycles. The van der Waals surface area contributed by atoms with Crippen molar-refractivity contribution in [2.75, 3.05) is 74.1 Å². The second-order valence-electron chi connectivity index (χ2n) is 39.1. The molecule has 0 bridgehead atoms. The van der Waals surface area contributed by atoms with Gasteiger partial charge in [-0.2, -0.15) is 26.3 Å². The zero-order valence-corrected chi connectivity index (χ0v) is 83.8. The molecular formula is C109H120Cl2F11N17O7. The highest BCUT2D eigenvalue weighted by atomic mass is 35.5. The quantitative estimate of drug-likeness (QED) is 0.0364. The minimum atomic E-state index is -4.91. The Balaban J connectivity index is 0.000000146. The fraction of sp³-hybridized carbons (Fsp3) is 0.385. The van der Waals surface area contributed by atoms with Crippen molar-refractivity contribution in [2.45, 2.75) is 177 Å². The number of hydroxylamine groups is 2. The Kier molecular flexibility index (Phi) is 33.6. The van der Waals surface area contributed by atoms with Crippen molar-refractivity contribution in [3.8, 4) is 39.1 Å². The lowest BCUT2D eigenvalue weighted by molar-refractivity contribution is -0.274. The van der Waals surface area contributed by atoms with Gasteiger partial charge in [0.15, 0.2) is 29.4 Å². The van der Waals surface area contributed by atoms with E-state index in [1.165, 1.54) is 72.4 Å². The van der Waals surface area contributed by atoms with Crippen LogP contribution >= 0.6 is 23.2 Å². The molecule has 1 saturated heterocycles. The van der Waals surface area contributed by atoms with E-state index < -0.39 is 75.8 Å². The van der Waals surface area contributed by atoms with E-state index in [1.54, 1.807) is 98.2 Å². The Morgan fingerprint density at radius 2 is 1.05 bits per heavy atom. The first kappa shape index (κ1) is 108. The van der Waals surface area contributed by atoms with Gasteiger partial charge in [0.25, 0.3) is 17.7 Å². The number of rotatable bonds is 21. The number of nitrogens with two attached hydrogens (primary N) is 5. The second-order valence-corrected chi connectivity index (χ2v) is 40.0. The number of likely N-dealkylation sites (N-methyl/N-ethyl adjacent to an activating group) is 3. The number of carbonyl (C=O) groups is 4. The van der Waals surface area contributed by atoms with Gasteiger partial charge in [-0.3, -0.25) is 33.8 Å². The van der Waals surface area contributed by atoms with Crippen LogP contribution in [0.2, 0.25) is 10.0 Å². The maximum Gasteiger partial charge on any atom is 0.573 e. The van der Waals surface area contributed by atoms with E-state index in [4.69, 9.17) is 66.4 Å². The van der Waals surface area contributed by atoms with Crippen LogP contribution in [0.4, 0.5) is 48.3 Å². The lowest BCUT2D eigenvalue weighted by Crippen LogP contribution is -2.46. The van der Waals surface area contributed by atoms with E-state index in [2.05, 4.69) is 36.1 Å². The number of aliphatic imine (C=N–C) groups is 5. The van der Waals surface area contributed by atoms with E-state index in [0.29, 0.717) is 113 Å². The average molecular weight is 2060 g/mol. The van der Waals surface area contributed by atoms with Gasteiger partial charge in [0.1, 0.15) is 46.1 Å². The number of hydrogen-bond donors (Lipinski definition) is 6. The molecule has 11 N–H and O–H groups in total. The second kappa shape index (κ2) is 45.3. The first-order chi connectivity index (χ1) is 69.1. The van der Waals surface area contributed by atoms with Crippen LogP contribution in [-0.4, -0.2) is 175 Å². The summed E-state index contributed by atoms with van der Waals surface area (Å²) < 4.78 is 152. The molecule has 0 spiro atoms. The molecule has 4 amide bonds. The monoisotopic (exact) mass is 2060 g/mol. The molecule has 7 atom stereocenters. The maximum atomic E-state index is 13.5. The van der Waals surface area contributed by atoms with Crippen LogP contribution in [0.5, 0.6) is 5.75 Å². The zero-order valence-electron chi connectivity index (χ0n) is 82.3. The Bertz CT molecular complexity index is 6480. The highest BCUT2D eigenvalue weighted by Gasteiger charge is 2.50. The lowest BCUT2D eigenvalue weighted by atomic mass is 9.74. The number of fused-ring (bicyclic) bond motifs is 1. The Hall–Kier alpha value is -13.4. The molecular weight excluding hydrogens is 1940 g/mol. The third kappa shape index (κ3) is 26.5. The molecule has 18 rings (SSSR count). The van der Waals surface area contributed by atoms with Crippen LogP contribution in [0.1, 0.15) is 167 Å². The van der Waals surface area contributed by atoms with E-state index in [-0.39, 0.29) is 71.5 Å². The maximum absolute atomic E-state index is 13.5. The van der Waals surface area contributed by atoms with Gasteiger partial charge in [-0.15, -0.1) is 13.2 Å². The Labute approximate surface area is 851 Å². The molecule has 146 heavy (non-hydrogen) atoms. The minimum Gasteiger partial charge on any atom is -0.406 e. The summed E-state index contributed by atoms with van der Waals surface area (Å²) in [5.41, 5.74) is 31.5. The Morgan fingerprint density at radius 3 is 1.63 bits per heavy atom. The molecule has 10 aromatic rings. The third-order valence-electron chi connectivity index (χ3n) is 28.1. The van der Waals surface area contributed by atoms with E-state index in [0.717, 1.165) is 114 Å². The van der Waals surface area contributed by atoms with Gasteiger partial charge in [0.2, 0.25) is 11.9 Å².